The zero-order valence-electron chi connectivity index (χ0n) is 11.9. The van der Waals surface area contributed by atoms with Crippen LogP contribution in [0.1, 0.15) is 36.5 Å². The van der Waals surface area contributed by atoms with Crippen LogP contribution >= 0.6 is 15.9 Å². The Kier molecular flexibility index (Phi) is 4.81. The third-order valence-corrected chi connectivity index (χ3v) is 3.77. The Labute approximate surface area is 127 Å². The van der Waals surface area contributed by atoms with Gasteiger partial charge in [0, 0.05) is 10.0 Å². The first kappa shape index (κ1) is 15.0. The van der Waals surface area contributed by atoms with Crippen LogP contribution in [0, 0.1) is 12.7 Å². The van der Waals surface area contributed by atoms with E-state index in [4.69, 9.17) is 4.74 Å². The summed E-state index contributed by atoms with van der Waals surface area (Å²) in [7, 11) is 0. The molecule has 0 aliphatic carbocycles. The van der Waals surface area contributed by atoms with E-state index < -0.39 is 0 Å². The largest absolute Gasteiger partial charge is 0.489 e. The van der Waals surface area contributed by atoms with Gasteiger partial charge in [-0.05, 0) is 48.2 Å². The summed E-state index contributed by atoms with van der Waals surface area (Å²) < 4.78 is 20.1. The quantitative estimate of drug-likeness (QED) is 0.706. The molecule has 0 unspecified atom stereocenters. The zero-order valence-corrected chi connectivity index (χ0v) is 13.5. The number of hydrogen-bond acceptors (Lipinski definition) is 1. The minimum absolute atomic E-state index is 0.236. The van der Waals surface area contributed by atoms with Gasteiger partial charge in [-0.3, -0.25) is 0 Å². The average molecular weight is 337 g/mol. The van der Waals surface area contributed by atoms with Crippen molar-refractivity contribution in [1.82, 2.24) is 0 Å². The number of rotatable bonds is 4. The van der Waals surface area contributed by atoms with Gasteiger partial charge >= 0.3 is 0 Å². The molecule has 0 aliphatic rings. The lowest BCUT2D eigenvalue weighted by molar-refractivity contribution is 0.299. The second-order valence-corrected chi connectivity index (χ2v) is 6.11. The molecule has 20 heavy (non-hydrogen) atoms. The molecule has 0 heterocycles. The van der Waals surface area contributed by atoms with Crippen LogP contribution in [0.15, 0.2) is 40.9 Å². The molecule has 0 atom stereocenters. The van der Waals surface area contributed by atoms with Gasteiger partial charge in [-0.15, -0.1) is 0 Å². The molecule has 0 bridgehead atoms. The maximum Gasteiger partial charge on any atom is 0.130 e. The van der Waals surface area contributed by atoms with Crippen molar-refractivity contribution in [3.63, 3.8) is 0 Å². The molecule has 0 saturated carbocycles. The molecule has 0 spiro atoms. The highest BCUT2D eigenvalue weighted by Crippen LogP contribution is 2.24. The summed E-state index contributed by atoms with van der Waals surface area (Å²) in [6, 6.07) is 11.0. The number of benzene rings is 2. The molecular weight excluding hydrogens is 319 g/mol. The predicted molar refractivity (Wildman–Crippen MR) is 83.7 cm³/mol. The van der Waals surface area contributed by atoms with Crippen LogP contribution in [-0.2, 0) is 6.61 Å². The van der Waals surface area contributed by atoms with Crippen LogP contribution in [0.4, 0.5) is 4.39 Å². The molecule has 0 aromatic heterocycles. The van der Waals surface area contributed by atoms with Crippen LogP contribution in [0.2, 0.25) is 0 Å². The minimum atomic E-state index is -0.255. The summed E-state index contributed by atoms with van der Waals surface area (Å²) in [5, 5.41) is 0. The van der Waals surface area contributed by atoms with Gasteiger partial charge in [0.05, 0.1) is 0 Å². The molecule has 1 nitrogen and oxygen atoms in total. The molecule has 0 fully saturated rings. The Morgan fingerprint density at radius 3 is 2.50 bits per heavy atom. The number of aryl methyl sites for hydroxylation is 1. The van der Waals surface area contributed by atoms with E-state index in [-0.39, 0.29) is 12.4 Å². The first-order valence-corrected chi connectivity index (χ1v) is 7.44. The maximum atomic E-state index is 13.7. The van der Waals surface area contributed by atoms with E-state index in [2.05, 4.69) is 42.8 Å². The summed E-state index contributed by atoms with van der Waals surface area (Å²) >= 11 is 3.24. The fraction of sp³-hybridized carbons (Fsp3) is 0.294. The molecule has 2 aromatic carbocycles. The number of halogens is 2. The van der Waals surface area contributed by atoms with Crippen molar-refractivity contribution in [1.29, 1.82) is 0 Å². The van der Waals surface area contributed by atoms with Crippen molar-refractivity contribution in [3.8, 4) is 5.75 Å². The molecule has 106 valence electrons. The van der Waals surface area contributed by atoms with E-state index in [0.717, 1.165) is 10.2 Å². The molecule has 0 aliphatic heterocycles. The van der Waals surface area contributed by atoms with Gasteiger partial charge in [0.2, 0.25) is 0 Å². The minimum Gasteiger partial charge on any atom is -0.489 e. The molecular formula is C17H18BrFO. The third kappa shape index (κ3) is 3.60. The van der Waals surface area contributed by atoms with Gasteiger partial charge in [-0.1, -0.05) is 41.9 Å². The average Bonchev–Trinajstić information content (AvgIpc) is 2.37. The Balaban J connectivity index is 2.09. The second kappa shape index (κ2) is 6.40. The first-order chi connectivity index (χ1) is 9.47. The van der Waals surface area contributed by atoms with E-state index in [1.54, 1.807) is 6.07 Å². The SMILES string of the molecule is Cc1cc(OCc2ccc(Br)cc2F)ccc1C(C)C. The van der Waals surface area contributed by atoms with Gasteiger partial charge in [0.15, 0.2) is 0 Å². The van der Waals surface area contributed by atoms with E-state index in [1.165, 1.54) is 17.2 Å². The van der Waals surface area contributed by atoms with Crippen LogP contribution in [0.3, 0.4) is 0 Å². The monoisotopic (exact) mass is 336 g/mol. The number of hydrogen-bond donors (Lipinski definition) is 0. The lowest BCUT2D eigenvalue weighted by atomic mass is 9.98. The summed E-state index contributed by atoms with van der Waals surface area (Å²) in [4.78, 5) is 0. The molecule has 0 amide bonds. The topological polar surface area (TPSA) is 9.23 Å². The third-order valence-electron chi connectivity index (χ3n) is 3.27. The first-order valence-electron chi connectivity index (χ1n) is 6.64. The summed E-state index contributed by atoms with van der Waals surface area (Å²) in [5.74, 6) is 1.01. The fourth-order valence-electron chi connectivity index (χ4n) is 2.19. The zero-order chi connectivity index (χ0) is 14.7. The van der Waals surface area contributed by atoms with Crippen molar-refractivity contribution in [2.24, 2.45) is 0 Å². The highest BCUT2D eigenvalue weighted by Gasteiger charge is 2.07. The molecule has 3 heteroatoms. The van der Waals surface area contributed by atoms with Crippen LogP contribution in [0.25, 0.3) is 0 Å². The van der Waals surface area contributed by atoms with Crippen LogP contribution < -0.4 is 4.74 Å². The van der Waals surface area contributed by atoms with Gasteiger partial charge in [0.25, 0.3) is 0 Å². The summed E-state index contributed by atoms with van der Waals surface area (Å²) in [6.45, 7) is 6.64. The molecule has 2 aromatic rings. The predicted octanol–water partition coefficient (Wildman–Crippen LogP) is 5.60. The van der Waals surface area contributed by atoms with E-state index in [9.17, 15) is 4.39 Å². The highest BCUT2D eigenvalue weighted by atomic mass is 79.9. The molecule has 0 N–H and O–H groups in total. The summed E-state index contributed by atoms with van der Waals surface area (Å²) in [5.41, 5.74) is 3.07. The highest BCUT2D eigenvalue weighted by molar-refractivity contribution is 9.10. The van der Waals surface area contributed by atoms with Gasteiger partial charge in [-0.2, -0.15) is 0 Å². The number of ether oxygens (including phenoxy) is 1. The Hall–Kier alpha value is -1.35. The van der Waals surface area contributed by atoms with Crippen molar-refractivity contribution in [2.45, 2.75) is 33.3 Å². The lowest BCUT2D eigenvalue weighted by Crippen LogP contribution is -2.00. The molecule has 2 rings (SSSR count). The normalized spacial score (nSPS) is 10.9. The van der Waals surface area contributed by atoms with Gasteiger partial charge < -0.3 is 4.74 Å². The van der Waals surface area contributed by atoms with E-state index in [1.807, 2.05) is 18.2 Å². The van der Waals surface area contributed by atoms with Gasteiger partial charge in [-0.25, -0.2) is 4.39 Å². The second-order valence-electron chi connectivity index (χ2n) is 5.20. The van der Waals surface area contributed by atoms with Crippen molar-refractivity contribution >= 4 is 15.9 Å². The molecule has 0 radical (unpaired) electrons. The Morgan fingerprint density at radius 1 is 1.15 bits per heavy atom. The van der Waals surface area contributed by atoms with Gasteiger partial charge in [0.1, 0.15) is 18.2 Å². The van der Waals surface area contributed by atoms with Crippen LogP contribution in [-0.4, -0.2) is 0 Å². The maximum absolute atomic E-state index is 13.7. The Bertz CT molecular complexity index is 608. The summed E-state index contributed by atoms with van der Waals surface area (Å²) in [6.07, 6.45) is 0. The van der Waals surface area contributed by atoms with E-state index in [0.29, 0.717) is 11.5 Å². The fourth-order valence-corrected chi connectivity index (χ4v) is 2.52. The van der Waals surface area contributed by atoms with Crippen molar-refractivity contribution in [3.05, 3.63) is 63.4 Å². The lowest BCUT2D eigenvalue weighted by Gasteiger charge is -2.12. The standard InChI is InChI=1S/C17H18BrFO/c1-11(2)16-7-6-15(8-12(16)3)20-10-13-4-5-14(18)9-17(13)19/h4-9,11H,10H2,1-3H3. The molecule has 0 saturated heterocycles. The van der Waals surface area contributed by atoms with Crippen molar-refractivity contribution < 1.29 is 9.13 Å². The Morgan fingerprint density at radius 2 is 1.90 bits per heavy atom. The van der Waals surface area contributed by atoms with Crippen LogP contribution in [0.5, 0.6) is 5.75 Å². The van der Waals surface area contributed by atoms with Crippen molar-refractivity contribution in [2.75, 3.05) is 0 Å². The van der Waals surface area contributed by atoms with E-state index >= 15 is 0 Å². The smallest absolute Gasteiger partial charge is 0.130 e.